The molecule has 5 nitrogen and oxygen atoms in total. The fourth-order valence-corrected chi connectivity index (χ4v) is 5.97. The van der Waals surface area contributed by atoms with Crippen LogP contribution in [0.5, 0.6) is 0 Å². The lowest BCUT2D eigenvalue weighted by atomic mass is 9.54. The zero-order valence-corrected chi connectivity index (χ0v) is 17.6. The van der Waals surface area contributed by atoms with E-state index < -0.39 is 7.82 Å². The van der Waals surface area contributed by atoms with Crippen molar-refractivity contribution >= 4 is 7.82 Å². The quantitative estimate of drug-likeness (QED) is 0.262. The molecular formula is C20H37NO4P+. The standard InChI is InChI=1S/C20H36NO4P/c1-21(2,3)8-10-25-26(22,23)24-9-6-4-5-7-20-18-12-16-11-17(14-18)15-19(20)13-16/h7,16-19H,4-6,8-15H2,1-3H3/p+1. The summed E-state index contributed by atoms with van der Waals surface area (Å²) in [5.41, 5.74) is 1.74. The maximum absolute atomic E-state index is 11.8. The number of phosphoric acid groups is 1. The number of phosphoric ester groups is 1. The smallest absolute Gasteiger partial charge is 0.329 e. The monoisotopic (exact) mass is 386 g/mol. The molecule has 0 aromatic heterocycles. The highest BCUT2D eigenvalue weighted by molar-refractivity contribution is 7.47. The fraction of sp³-hybridized carbons (Fsp3) is 0.900. The summed E-state index contributed by atoms with van der Waals surface area (Å²) in [6.07, 6.45) is 12.6. The molecule has 0 aromatic rings. The Kier molecular flexibility index (Phi) is 6.67. The number of hydrogen-bond acceptors (Lipinski definition) is 3. The highest BCUT2D eigenvalue weighted by Gasteiger charge is 2.44. The number of nitrogens with zero attached hydrogens (tertiary/aromatic N) is 1. The predicted molar refractivity (Wildman–Crippen MR) is 104 cm³/mol. The van der Waals surface area contributed by atoms with Crippen molar-refractivity contribution in [1.82, 2.24) is 0 Å². The minimum atomic E-state index is -3.90. The van der Waals surface area contributed by atoms with Gasteiger partial charge in [-0.15, -0.1) is 0 Å². The minimum absolute atomic E-state index is 0.230. The normalized spacial score (nSPS) is 32.7. The zero-order valence-electron chi connectivity index (χ0n) is 16.7. The molecule has 0 saturated heterocycles. The molecule has 150 valence electrons. The van der Waals surface area contributed by atoms with Crippen molar-refractivity contribution in [2.45, 2.75) is 51.4 Å². The van der Waals surface area contributed by atoms with Gasteiger partial charge >= 0.3 is 7.82 Å². The van der Waals surface area contributed by atoms with Gasteiger partial charge in [-0.1, -0.05) is 11.6 Å². The first-order valence-electron chi connectivity index (χ1n) is 10.3. The Bertz CT molecular complexity index is 525. The second-order valence-electron chi connectivity index (χ2n) is 9.65. The Morgan fingerprint density at radius 2 is 1.58 bits per heavy atom. The Balaban J connectivity index is 1.30. The van der Waals surface area contributed by atoms with Gasteiger partial charge in [0.2, 0.25) is 0 Å². The number of unbranched alkanes of at least 4 members (excludes halogenated alkanes) is 2. The number of rotatable bonds is 10. The molecule has 4 rings (SSSR count). The van der Waals surface area contributed by atoms with Crippen molar-refractivity contribution in [2.75, 3.05) is 40.9 Å². The van der Waals surface area contributed by atoms with E-state index in [1.54, 1.807) is 5.57 Å². The van der Waals surface area contributed by atoms with E-state index in [1.807, 2.05) is 21.1 Å². The van der Waals surface area contributed by atoms with Crippen molar-refractivity contribution in [3.8, 4) is 0 Å². The van der Waals surface area contributed by atoms with Gasteiger partial charge in [0.1, 0.15) is 13.2 Å². The van der Waals surface area contributed by atoms with Gasteiger partial charge in [-0.2, -0.15) is 0 Å². The van der Waals surface area contributed by atoms with Gasteiger partial charge in [0.05, 0.1) is 27.7 Å². The molecule has 0 aliphatic heterocycles. The van der Waals surface area contributed by atoms with Crippen LogP contribution >= 0.6 is 7.82 Å². The molecule has 0 radical (unpaired) electrons. The summed E-state index contributed by atoms with van der Waals surface area (Å²) >= 11 is 0. The maximum Gasteiger partial charge on any atom is 0.472 e. The van der Waals surface area contributed by atoms with Crippen molar-refractivity contribution in [1.29, 1.82) is 0 Å². The summed E-state index contributed by atoms with van der Waals surface area (Å²) in [4.78, 5) is 9.70. The molecule has 1 atom stereocenters. The first kappa shape index (κ1) is 20.5. The molecule has 4 fully saturated rings. The first-order chi connectivity index (χ1) is 12.2. The molecule has 0 amide bonds. The molecule has 4 saturated carbocycles. The van der Waals surface area contributed by atoms with Gasteiger partial charge in [-0.25, -0.2) is 4.57 Å². The van der Waals surface area contributed by atoms with Crippen molar-refractivity contribution in [2.24, 2.45) is 23.7 Å². The van der Waals surface area contributed by atoms with Crippen LogP contribution in [-0.2, 0) is 13.6 Å². The Hall–Kier alpha value is -0.190. The van der Waals surface area contributed by atoms with Gasteiger partial charge in [0, 0.05) is 0 Å². The lowest BCUT2D eigenvalue weighted by Crippen LogP contribution is -2.40. The van der Waals surface area contributed by atoms with Crippen molar-refractivity contribution in [3.05, 3.63) is 11.6 Å². The summed E-state index contributed by atoms with van der Waals surface area (Å²) < 4.78 is 22.7. The van der Waals surface area contributed by atoms with Gasteiger partial charge in [0.15, 0.2) is 0 Å². The largest absolute Gasteiger partial charge is 0.472 e. The van der Waals surface area contributed by atoms with E-state index >= 15 is 0 Å². The van der Waals surface area contributed by atoms with Crippen LogP contribution in [0.4, 0.5) is 0 Å². The van der Waals surface area contributed by atoms with E-state index in [4.69, 9.17) is 9.05 Å². The van der Waals surface area contributed by atoms with Gasteiger partial charge < -0.3 is 9.38 Å². The molecule has 6 heteroatoms. The molecule has 1 N–H and O–H groups in total. The van der Waals surface area contributed by atoms with Crippen LogP contribution in [0.1, 0.15) is 51.4 Å². The summed E-state index contributed by atoms with van der Waals surface area (Å²) in [6.45, 7) is 1.19. The Labute approximate surface area is 159 Å². The lowest BCUT2D eigenvalue weighted by molar-refractivity contribution is -0.870. The fourth-order valence-electron chi connectivity index (χ4n) is 5.22. The molecular weight excluding hydrogens is 349 g/mol. The molecule has 4 aliphatic rings. The zero-order chi connectivity index (χ0) is 18.8. The van der Waals surface area contributed by atoms with Gasteiger partial charge in [-0.05, 0) is 75.0 Å². The summed E-state index contributed by atoms with van der Waals surface area (Å²) in [5, 5.41) is 0. The van der Waals surface area contributed by atoms with Gasteiger partial charge in [-0.3, -0.25) is 9.05 Å². The van der Waals surface area contributed by atoms with E-state index in [0.717, 1.165) is 42.9 Å². The predicted octanol–water partition coefficient (Wildman–Crippen LogP) is 4.38. The number of allylic oxidation sites excluding steroid dienone is 2. The SMILES string of the molecule is C[N+](C)(C)CCOP(=O)(O)OCCCCC=C1C2CC3CC(C2)CC1C3. The summed E-state index contributed by atoms with van der Waals surface area (Å²) in [6, 6.07) is 0. The second-order valence-corrected chi connectivity index (χ2v) is 11.1. The van der Waals surface area contributed by atoms with Crippen LogP contribution in [0, 0.1) is 23.7 Å². The van der Waals surface area contributed by atoms with Crippen LogP contribution in [0.15, 0.2) is 11.6 Å². The molecule has 0 heterocycles. The molecule has 0 aromatic carbocycles. The minimum Gasteiger partial charge on any atom is -0.329 e. The van der Waals surface area contributed by atoms with Gasteiger partial charge in [0.25, 0.3) is 0 Å². The molecule has 1 unspecified atom stereocenters. The highest BCUT2D eigenvalue weighted by Crippen LogP contribution is 2.56. The van der Waals surface area contributed by atoms with E-state index in [9.17, 15) is 9.46 Å². The van der Waals surface area contributed by atoms with E-state index in [0.29, 0.717) is 17.6 Å². The highest BCUT2D eigenvalue weighted by atomic mass is 31.2. The lowest BCUT2D eigenvalue weighted by Gasteiger charge is -2.51. The van der Waals surface area contributed by atoms with Crippen LogP contribution in [-0.4, -0.2) is 50.3 Å². The third-order valence-corrected chi connectivity index (χ3v) is 7.35. The maximum atomic E-state index is 11.8. The second kappa shape index (κ2) is 8.45. The third kappa shape index (κ3) is 5.90. The summed E-state index contributed by atoms with van der Waals surface area (Å²) in [5.74, 6) is 3.77. The molecule has 26 heavy (non-hydrogen) atoms. The molecule has 4 aliphatic carbocycles. The number of quaternary nitrogens is 1. The number of hydrogen-bond donors (Lipinski definition) is 1. The van der Waals surface area contributed by atoms with Crippen LogP contribution < -0.4 is 0 Å². The average Bonchev–Trinajstić information content (AvgIpc) is 2.50. The van der Waals surface area contributed by atoms with Crippen molar-refractivity contribution < 1.29 is 23.0 Å². The topological polar surface area (TPSA) is 55.8 Å². The molecule has 0 spiro atoms. The van der Waals surface area contributed by atoms with E-state index in [2.05, 4.69) is 6.08 Å². The van der Waals surface area contributed by atoms with Crippen LogP contribution in [0.2, 0.25) is 0 Å². The van der Waals surface area contributed by atoms with E-state index in [-0.39, 0.29) is 6.61 Å². The Morgan fingerprint density at radius 3 is 2.15 bits per heavy atom. The first-order valence-corrected chi connectivity index (χ1v) is 11.8. The van der Waals surface area contributed by atoms with Crippen LogP contribution in [0.25, 0.3) is 0 Å². The van der Waals surface area contributed by atoms with E-state index in [1.165, 1.54) is 32.1 Å². The number of likely N-dealkylation sites (N-methyl/N-ethyl adjacent to an activating group) is 1. The third-order valence-electron chi connectivity index (χ3n) is 6.33. The summed E-state index contributed by atoms with van der Waals surface area (Å²) in [7, 11) is 2.16. The van der Waals surface area contributed by atoms with Crippen LogP contribution in [0.3, 0.4) is 0 Å². The average molecular weight is 386 g/mol. The molecule has 4 bridgehead atoms. The Morgan fingerprint density at radius 1 is 1.00 bits per heavy atom. The van der Waals surface area contributed by atoms with Crippen molar-refractivity contribution in [3.63, 3.8) is 0 Å².